The SMILES string of the molecule is CN(CC1(O)CCCCC1)c1ccccc1. The van der Waals surface area contributed by atoms with Crippen molar-refractivity contribution in [3.63, 3.8) is 0 Å². The molecular formula is C14H21NO. The van der Waals surface area contributed by atoms with Gasteiger partial charge in [-0.3, -0.25) is 0 Å². The van der Waals surface area contributed by atoms with Crippen molar-refractivity contribution in [3.8, 4) is 0 Å². The average molecular weight is 219 g/mol. The van der Waals surface area contributed by atoms with Crippen LogP contribution in [0.4, 0.5) is 5.69 Å². The number of hydrogen-bond acceptors (Lipinski definition) is 2. The Balaban J connectivity index is 1.98. The number of para-hydroxylation sites is 1. The standard InChI is InChI=1S/C14H21NO/c1-15(13-8-4-2-5-9-13)12-14(16)10-6-3-7-11-14/h2,4-5,8-9,16H,3,6-7,10-12H2,1H3. The van der Waals surface area contributed by atoms with Gasteiger partial charge in [0.25, 0.3) is 0 Å². The second-order valence-electron chi connectivity index (χ2n) is 4.98. The van der Waals surface area contributed by atoms with E-state index < -0.39 is 5.60 Å². The van der Waals surface area contributed by atoms with Crippen LogP contribution in [0.3, 0.4) is 0 Å². The fourth-order valence-electron chi connectivity index (χ4n) is 2.58. The Morgan fingerprint density at radius 1 is 1.12 bits per heavy atom. The van der Waals surface area contributed by atoms with Crippen LogP contribution < -0.4 is 4.90 Å². The minimum absolute atomic E-state index is 0.469. The Labute approximate surface area is 97.9 Å². The largest absolute Gasteiger partial charge is 0.388 e. The zero-order valence-electron chi connectivity index (χ0n) is 10.0. The van der Waals surface area contributed by atoms with Gasteiger partial charge in [-0.15, -0.1) is 0 Å². The fourth-order valence-corrected chi connectivity index (χ4v) is 2.58. The molecule has 0 spiro atoms. The minimum atomic E-state index is -0.469. The van der Waals surface area contributed by atoms with Crippen molar-refractivity contribution in [1.82, 2.24) is 0 Å². The van der Waals surface area contributed by atoms with Crippen molar-refractivity contribution in [3.05, 3.63) is 30.3 Å². The third kappa shape index (κ3) is 2.76. The Morgan fingerprint density at radius 3 is 2.38 bits per heavy atom. The van der Waals surface area contributed by atoms with E-state index in [1.807, 2.05) is 18.2 Å². The molecule has 0 bridgehead atoms. The van der Waals surface area contributed by atoms with Crippen molar-refractivity contribution in [2.75, 3.05) is 18.5 Å². The summed E-state index contributed by atoms with van der Waals surface area (Å²) in [5.41, 5.74) is 0.713. The first-order valence-electron chi connectivity index (χ1n) is 6.18. The molecule has 16 heavy (non-hydrogen) atoms. The quantitative estimate of drug-likeness (QED) is 0.845. The molecule has 2 rings (SSSR count). The number of rotatable bonds is 3. The summed E-state index contributed by atoms with van der Waals surface area (Å²) >= 11 is 0. The van der Waals surface area contributed by atoms with Gasteiger partial charge in [-0.25, -0.2) is 0 Å². The highest BCUT2D eigenvalue weighted by Crippen LogP contribution is 2.29. The lowest BCUT2D eigenvalue weighted by molar-refractivity contribution is 0.0119. The van der Waals surface area contributed by atoms with Gasteiger partial charge in [-0.2, -0.15) is 0 Å². The highest BCUT2D eigenvalue weighted by molar-refractivity contribution is 5.45. The molecule has 0 aromatic heterocycles. The van der Waals surface area contributed by atoms with Gasteiger partial charge in [0.15, 0.2) is 0 Å². The molecule has 0 amide bonds. The molecule has 0 aliphatic heterocycles. The molecule has 1 aliphatic carbocycles. The first-order valence-corrected chi connectivity index (χ1v) is 6.18. The van der Waals surface area contributed by atoms with Crippen LogP contribution in [0.15, 0.2) is 30.3 Å². The zero-order valence-corrected chi connectivity index (χ0v) is 10.0. The second-order valence-corrected chi connectivity index (χ2v) is 4.98. The maximum Gasteiger partial charge on any atom is 0.0821 e. The van der Waals surface area contributed by atoms with Gasteiger partial charge in [-0.1, -0.05) is 37.5 Å². The first-order chi connectivity index (χ1) is 7.70. The third-order valence-corrected chi connectivity index (χ3v) is 3.51. The van der Waals surface area contributed by atoms with Crippen molar-refractivity contribution < 1.29 is 5.11 Å². The van der Waals surface area contributed by atoms with Gasteiger partial charge in [0.2, 0.25) is 0 Å². The van der Waals surface area contributed by atoms with Crippen molar-refractivity contribution in [2.24, 2.45) is 0 Å². The van der Waals surface area contributed by atoms with Gasteiger partial charge in [0, 0.05) is 19.3 Å². The number of hydrogen-bond donors (Lipinski definition) is 1. The van der Waals surface area contributed by atoms with E-state index in [1.54, 1.807) is 0 Å². The Morgan fingerprint density at radius 2 is 1.75 bits per heavy atom. The predicted octanol–water partition coefficient (Wildman–Crippen LogP) is 2.82. The third-order valence-electron chi connectivity index (χ3n) is 3.51. The maximum atomic E-state index is 10.5. The molecule has 88 valence electrons. The van der Waals surface area contributed by atoms with Crippen molar-refractivity contribution in [1.29, 1.82) is 0 Å². The molecular weight excluding hydrogens is 198 g/mol. The van der Waals surface area contributed by atoms with Gasteiger partial charge in [0.05, 0.1) is 5.60 Å². The molecule has 2 nitrogen and oxygen atoms in total. The lowest BCUT2D eigenvalue weighted by Gasteiger charge is -2.36. The molecule has 0 heterocycles. The number of aliphatic hydroxyl groups is 1. The zero-order chi connectivity index (χ0) is 11.4. The summed E-state index contributed by atoms with van der Waals surface area (Å²) in [5, 5.41) is 10.5. The summed E-state index contributed by atoms with van der Waals surface area (Å²) in [6.07, 6.45) is 5.50. The van der Waals surface area contributed by atoms with Crippen LogP contribution in [0.1, 0.15) is 32.1 Å². The summed E-state index contributed by atoms with van der Waals surface area (Å²) < 4.78 is 0. The molecule has 0 saturated heterocycles. The number of likely N-dealkylation sites (N-methyl/N-ethyl adjacent to an activating group) is 1. The molecule has 1 aliphatic rings. The minimum Gasteiger partial charge on any atom is -0.388 e. The molecule has 1 fully saturated rings. The Kier molecular flexibility index (Phi) is 3.49. The lowest BCUT2D eigenvalue weighted by atomic mass is 9.84. The maximum absolute atomic E-state index is 10.5. The summed E-state index contributed by atoms with van der Waals surface area (Å²) in [4.78, 5) is 2.16. The van der Waals surface area contributed by atoms with Crippen LogP contribution in [0.2, 0.25) is 0 Å². The van der Waals surface area contributed by atoms with Crippen LogP contribution in [0.25, 0.3) is 0 Å². The van der Waals surface area contributed by atoms with E-state index in [9.17, 15) is 5.11 Å². The van der Waals surface area contributed by atoms with Crippen LogP contribution >= 0.6 is 0 Å². The summed E-state index contributed by atoms with van der Waals surface area (Å²) in [6, 6.07) is 10.3. The Bertz CT molecular complexity index is 317. The summed E-state index contributed by atoms with van der Waals surface area (Å²) in [7, 11) is 2.06. The molecule has 0 unspecified atom stereocenters. The molecule has 0 atom stereocenters. The number of benzene rings is 1. The first kappa shape index (κ1) is 11.5. The van der Waals surface area contributed by atoms with E-state index >= 15 is 0 Å². The molecule has 1 aromatic rings. The topological polar surface area (TPSA) is 23.5 Å². The molecule has 1 aromatic carbocycles. The van der Waals surface area contributed by atoms with Crippen LogP contribution in [0.5, 0.6) is 0 Å². The van der Waals surface area contributed by atoms with Crippen molar-refractivity contribution >= 4 is 5.69 Å². The van der Waals surface area contributed by atoms with E-state index in [-0.39, 0.29) is 0 Å². The summed E-state index contributed by atoms with van der Waals surface area (Å²) in [6.45, 7) is 0.747. The molecule has 0 radical (unpaired) electrons. The Hall–Kier alpha value is -1.02. The second kappa shape index (κ2) is 4.88. The highest BCUT2D eigenvalue weighted by Gasteiger charge is 2.30. The fraction of sp³-hybridized carbons (Fsp3) is 0.571. The van der Waals surface area contributed by atoms with Gasteiger partial charge >= 0.3 is 0 Å². The number of anilines is 1. The van der Waals surface area contributed by atoms with Crippen LogP contribution in [-0.2, 0) is 0 Å². The average Bonchev–Trinajstić information content (AvgIpc) is 2.30. The normalized spacial score (nSPS) is 19.4. The van der Waals surface area contributed by atoms with E-state index in [0.29, 0.717) is 0 Å². The van der Waals surface area contributed by atoms with E-state index in [1.165, 1.54) is 24.9 Å². The van der Waals surface area contributed by atoms with Gasteiger partial charge in [0.1, 0.15) is 0 Å². The van der Waals surface area contributed by atoms with Gasteiger partial charge < -0.3 is 10.0 Å². The predicted molar refractivity (Wildman–Crippen MR) is 67.7 cm³/mol. The van der Waals surface area contributed by atoms with Crippen LogP contribution in [0, 0.1) is 0 Å². The molecule has 1 saturated carbocycles. The van der Waals surface area contributed by atoms with Gasteiger partial charge in [-0.05, 0) is 25.0 Å². The number of nitrogens with zero attached hydrogens (tertiary/aromatic N) is 1. The molecule has 2 heteroatoms. The smallest absolute Gasteiger partial charge is 0.0821 e. The monoisotopic (exact) mass is 219 g/mol. The van der Waals surface area contributed by atoms with Crippen LogP contribution in [-0.4, -0.2) is 24.3 Å². The van der Waals surface area contributed by atoms with E-state index in [0.717, 1.165) is 19.4 Å². The lowest BCUT2D eigenvalue weighted by Crippen LogP contribution is -2.43. The summed E-state index contributed by atoms with van der Waals surface area (Å²) in [5.74, 6) is 0. The van der Waals surface area contributed by atoms with Crippen molar-refractivity contribution in [2.45, 2.75) is 37.7 Å². The molecule has 1 N–H and O–H groups in total. The van der Waals surface area contributed by atoms with E-state index in [2.05, 4.69) is 24.1 Å². The highest BCUT2D eigenvalue weighted by atomic mass is 16.3. The van der Waals surface area contributed by atoms with E-state index in [4.69, 9.17) is 0 Å².